The maximum absolute atomic E-state index is 13.5. The Kier molecular flexibility index (Phi) is 4.23. The molecule has 5 nitrogen and oxygen atoms in total. The summed E-state index contributed by atoms with van der Waals surface area (Å²) < 4.78 is 11.5. The van der Waals surface area contributed by atoms with E-state index >= 15 is 0 Å². The first-order valence-electron chi connectivity index (χ1n) is 9.08. The van der Waals surface area contributed by atoms with E-state index in [0.29, 0.717) is 16.9 Å². The number of rotatable bonds is 4. The first-order chi connectivity index (χ1) is 13.3. The quantitative estimate of drug-likeness (QED) is 0.307. The number of hydrogen-bond donors (Lipinski definition) is 0. The predicted molar refractivity (Wildman–Crippen MR) is 105 cm³/mol. The monoisotopic (exact) mass is 442 g/mol. The normalized spacial score (nSPS) is 27.3. The number of Topliss-reactive ketones (excluding diaryl/α,β-unsaturated/α-hetero) is 1. The standard InChI is InChI=1S/C22H19BrO5/c1-4-27-19(25)22-17(15-11-14(23)9-10-16(15)28-20(22)26)21(22,3)18(24)13-7-5-12(2)6-8-13/h5-11,17H,4H2,1-3H3/t17-,21+,22-/m0/s1. The number of halogens is 1. The van der Waals surface area contributed by atoms with Crippen molar-refractivity contribution in [1.82, 2.24) is 0 Å². The number of hydrogen-bond acceptors (Lipinski definition) is 5. The molecule has 1 saturated carbocycles. The van der Waals surface area contributed by atoms with Gasteiger partial charge in [0.25, 0.3) is 0 Å². The summed E-state index contributed by atoms with van der Waals surface area (Å²) in [5.74, 6) is -1.97. The van der Waals surface area contributed by atoms with Crippen LogP contribution in [0.5, 0.6) is 5.75 Å². The van der Waals surface area contributed by atoms with Crippen molar-refractivity contribution >= 4 is 33.7 Å². The van der Waals surface area contributed by atoms with Gasteiger partial charge in [-0.05, 0) is 39.0 Å². The van der Waals surface area contributed by atoms with Crippen LogP contribution in [-0.4, -0.2) is 24.3 Å². The highest BCUT2D eigenvalue weighted by Crippen LogP contribution is 2.78. The molecular formula is C22H19BrO5. The molecule has 4 rings (SSSR count). The maximum Gasteiger partial charge on any atom is 0.330 e. The molecule has 1 aliphatic carbocycles. The van der Waals surface area contributed by atoms with E-state index in [-0.39, 0.29) is 12.4 Å². The van der Waals surface area contributed by atoms with Crippen molar-refractivity contribution in [3.63, 3.8) is 0 Å². The fourth-order valence-corrected chi connectivity index (χ4v) is 4.86. The molecule has 0 unspecified atom stereocenters. The fourth-order valence-electron chi connectivity index (χ4n) is 4.48. The van der Waals surface area contributed by atoms with Crippen LogP contribution < -0.4 is 4.74 Å². The zero-order valence-electron chi connectivity index (χ0n) is 15.7. The lowest BCUT2D eigenvalue weighted by atomic mass is 9.86. The van der Waals surface area contributed by atoms with E-state index in [1.54, 1.807) is 44.2 Å². The summed E-state index contributed by atoms with van der Waals surface area (Å²) in [4.78, 5) is 39.6. The summed E-state index contributed by atoms with van der Waals surface area (Å²) >= 11 is 3.42. The molecule has 0 N–H and O–H groups in total. The van der Waals surface area contributed by atoms with Crippen LogP contribution in [0.1, 0.15) is 41.3 Å². The van der Waals surface area contributed by atoms with Crippen molar-refractivity contribution in [2.45, 2.75) is 26.7 Å². The molecule has 0 saturated heterocycles. The molecule has 1 heterocycles. The van der Waals surface area contributed by atoms with Crippen molar-refractivity contribution < 1.29 is 23.9 Å². The van der Waals surface area contributed by atoms with Crippen LogP contribution in [0.4, 0.5) is 0 Å². The number of esters is 2. The predicted octanol–water partition coefficient (Wildman–Crippen LogP) is 4.21. The smallest absolute Gasteiger partial charge is 0.330 e. The minimum Gasteiger partial charge on any atom is -0.465 e. The zero-order chi connectivity index (χ0) is 20.3. The van der Waals surface area contributed by atoms with Gasteiger partial charge in [0.15, 0.2) is 11.2 Å². The van der Waals surface area contributed by atoms with Crippen molar-refractivity contribution in [2.24, 2.45) is 10.8 Å². The highest BCUT2D eigenvalue weighted by molar-refractivity contribution is 9.10. The first kappa shape index (κ1) is 18.9. The Morgan fingerprint density at radius 2 is 1.86 bits per heavy atom. The highest BCUT2D eigenvalue weighted by Gasteiger charge is 2.89. The number of carbonyl (C=O) groups excluding carboxylic acids is 3. The van der Waals surface area contributed by atoms with Crippen molar-refractivity contribution in [3.05, 3.63) is 63.6 Å². The van der Waals surface area contributed by atoms with Crippen LogP contribution in [0.25, 0.3) is 0 Å². The van der Waals surface area contributed by atoms with Gasteiger partial charge in [-0.2, -0.15) is 0 Å². The average Bonchev–Trinajstić information content (AvgIpc) is 3.26. The van der Waals surface area contributed by atoms with Gasteiger partial charge in [0.1, 0.15) is 5.75 Å². The Labute approximate surface area is 171 Å². The number of ketones is 1. The van der Waals surface area contributed by atoms with Gasteiger partial charge < -0.3 is 9.47 Å². The second kappa shape index (κ2) is 6.27. The van der Waals surface area contributed by atoms with E-state index in [0.717, 1.165) is 10.0 Å². The molecule has 6 heteroatoms. The summed E-state index contributed by atoms with van der Waals surface area (Å²) in [5.41, 5.74) is -0.819. The van der Waals surface area contributed by atoms with Crippen molar-refractivity contribution in [2.75, 3.05) is 6.61 Å². The average molecular weight is 443 g/mol. The highest BCUT2D eigenvalue weighted by atomic mass is 79.9. The lowest BCUT2D eigenvalue weighted by molar-refractivity contribution is -0.162. The Morgan fingerprint density at radius 3 is 2.50 bits per heavy atom. The van der Waals surface area contributed by atoms with E-state index in [9.17, 15) is 14.4 Å². The molecule has 2 aromatic carbocycles. The maximum atomic E-state index is 13.5. The second-order valence-corrected chi connectivity index (χ2v) is 8.35. The number of benzene rings is 2. The van der Waals surface area contributed by atoms with Gasteiger partial charge in [0, 0.05) is 21.5 Å². The first-order valence-corrected chi connectivity index (χ1v) is 9.88. The van der Waals surface area contributed by atoms with Gasteiger partial charge in [0.05, 0.1) is 12.0 Å². The lowest BCUT2D eigenvalue weighted by Gasteiger charge is -2.22. The molecule has 3 atom stereocenters. The Morgan fingerprint density at radius 1 is 1.18 bits per heavy atom. The summed E-state index contributed by atoms with van der Waals surface area (Å²) in [6.07, 6.45) is 0. The molecular weight excluding hydrogens is 424 g/mol. The van der Waals surface area contributed by atoms with Gasteiger partial charge in [-0.1, -0.05) is 45.8 Å². The van der Waals surface area contributed by atoms with Crippen LogP contribution in [0.15, 0.2) is 46.9 Å². The molecule has 0 bridgehead atoms. The van der Waals surface area contributed by atoms with Crippen molar-refractivity contribution in [3.8, 4) is 5.75 Å². The minimum atomic E-state index is -1.67. The van der Waals surface area contributed by atoms with E-state index in [4.69, 9.17) is 9.47 Å². The summed E-state index contributed by atoms with van der Waals surface area (Å²) in [7, 11) is 0. The van der Waals surface area contributed by atoms with Gasteiger partial charge in [-0.3, -0.25) is 14.4 Å². The van der Waals surface area contributed by atoms with E-state index < -0.39 is 28.7 Å². The largest absolute Gasteiger partial charge is 0.465 e. The van der Waals surface area contributed by atoms with Gasteiger partial charge in [-0.25, -0.2) is 0 Å². The van der Waals surface area contributed by atoms with Crippen LogP contribution in [-0.2, 0) is 14.3 Å². The van der Waals surface area contributed by atoms with Gasteiger partial charge >= 0.3 is 11.9 Å². The molecule has 0 amide bonds. The summed E-state index contributed by atoms with van der Waals surface area (Å²) in [5, 5.41) is 0. The number of ether oxygens (including phenoxy) is 2. The molecule has 2 aliphatic rings. The lowest BCUT2D eigenvalue weighted by Crippen LogP contribution is -2.40. The molecule has 0 spiro atoms. The third-order valence-electron chi connectivity index (χ3n) is 5.94. The van der Waals surface area contributed by atoms with E-state index in [2.05, 4.69) is 15.9 Å². The number of carbonyl (C=O) groups is 3. The van der Waals surface area contributed by atoms with E-state index in [1.807, 2.05) is 19.1 Å². The SMILES string of the molecule is CCOC(=O)[C@]12C(=O)Oc3ccc(Br)cc3[C@H]1[C@]2(C)C(=O)c1ccc(C)cc1. The molecule has 0 aromatic heterocycles. The fraction of sp³-hybridized carbons (Fsp3) is 0.318. The number of fused-ring (bicyclic) bond motifs is 3. The Balaban J connectivity index is 1.90. The third-order valence-corrected chi connectivity index (χ3v) is 6.43. The Bertz CT molecular complexity index is 1010. The van der Waals surface area contributed by atoms with E-state index in [1.165, 1.54) is 0 Å². The van der Waals surface area contributed by atoms with Gasteiger partial charge in [-0.15, -0.1) is 0 Å². The summed E-state index contributed by atoms with van der Waals surface area (Å²) in [6, 6.07) is 12.3. The van der Waals surface area contributed by atoms with Crippen LogP contribution in [0.2, 0.25) is 0 Å². The third kappa shape index (κ3) is 2.27. The molecule has 144 valence electrons. The van der Waals surface area contributed by atoms with Crippen molar-refractivity contribution in [1.29, 1.82) is 0 Å². The zero-order valence-corrected chi connectivity index (χ0v) is 17.3. The summed E-state index contributed by atoms with van der Waals surface area (Å²) in [6.45, 7) is 5.37. The van der Waals surface area contributed by atoms with Gasteiger partial charge in [0.2, 0.25) is 0 Å². The molecule has 28 heavy (non-hydrogen) atoms. The minimum absolute atomic E-state index is 0.112. The van der Waals surface area contributed by atoms with Crippen LogP contribution >= 0.6 is 15.9 Å². The molecule has 2 aromatic rings. The Hall–Kier alpha value is -2.47. The topological polar surface area (TPSA) is 69.7 Å². The number of aryl methyl sites for hydroxylation is 1. The second-order valence-electron chi connectivity index (χ2n) is 7.43. The molecule has 1 fully saturated rings. The molecule has 1 aliphatic heterocycles. The molecule has 0 radical (unpaired) electrons. The van der Waals surface area contributed by atoms with Crippen LogP contribution in [0.3, 0.4) is 0 Å². The van der Waals surface area contributed by atoms with Crippen LogP contribution in [0, 0.1) is 17.8 Å².